The first-order valence-electron chi connectivity index (χ1n) is 16.1. The van der Waals surface area contributed by atoms with Crippen molar-refractivity contribution in [2.45, 2.75) is 123 Å². The van der Waals surface area contributed by atoms with Crippen LogP contribution in [0.4, 0.5) is 0 Å². The van der Waals surface area contributed by atoms with E-state index in [4.69, 9.17) is 18.5 Å². The maximum Gasteiger partial charge on any atom is 0.472 e. The number of quaternary nitrogens is 1. The van der Waals surface area contributed by atoms with Crippen LogP contribution in [0.5, 0.6) is 0 Å². The molecule has 0 aliphatic carbocycles. The molecule has 0 aliphatic heterocycles. The summed E-state index contributed by atoms with van der Waals surface area (Å²) >= 11 is 0. The fraction of sp³-hybridized carbons (Fsp3) is 0.812. The summed E-state index contributed by atoms with van der Waals surface area (Å²) in [4.78, 5) is 34.5. The van der Waals surface area contributed by atoms with Gasteiger partial charge in [-0.15, -0.1) is 0 Å². The Morgan fingerprint density at radius 1 is 0.738 bits per heavy atom. The van der Waals surface area contributed by atoms with Crippen molar-refractivity contribution in [1.29, 1.82) is 0 Å². The Morgan fingerprint density at radius 2 is 1.29 bits per heavy atom. The molecule has 0 saturated heterocycles. The largest absolute Gasteiger partial charge is 0.472 e. The van der Waals surface area contributed by atoms with Crippen molar-refractivity contribution in [3.05, 3.63) is 24.3 Å². The zero-order valence-electron chi connectivity index (χ0n) is 27.2. The molecule has 0 rings (SSSR count). The van der Waals surface area contributed by atoms with Crippen LogP contribution in [0.25, 0.3) is 0 Å². The first kappa shape index (κ1) is 40.5. The Kier molecular flexibility index (Phi) is 25.0. The average Bonchev–Trinajstić information content (AvgIpc) is 2.91. The van der Waals surface area contributed by atoms with Crippen LogP contribution in [0.15, 0.2) is 24.3 Å². The summed E-state index contributed by atoms with van der Waals surface area (Å²) in [6.07, 6.45) is 23.1. The van der Waals surface area contributed by atoms with Crippen LogP contribution in [0.1, 0.15) is 117 Å². The highest BCUT2D eigenvalue weighted by atomic mass is 31.2. The molecule has 2 atom stereocenters. The number of carbonyl (C=O) groups excluding carboxylic acids is 2. The standard InChI is InChI=1S/C32H60NO8P/c1-6-8-10-11-12-13-14-15-16-17-18-19-20-21-23-25-32(35)41-30(28-38-31(34)24-22-9-7-2)29-40-42(36,37)39-27-26-33(3,4)5/h12-13,15-16,30H,6-11,14,17-29H2,1-5H3/p+1/b13-12-,16-15-. The Labute approximate surface area is 256 Å². The third-order valence-corrected chi connectivity index (χ3v) is 7.47. The van der Waals surface area contributed by atoms with Gasteiger partial charge >= 0.3 is 19.8 Å². The maximum absolute atomic E-state index is 12.5. The number of rotatable bonds is 28. The molecule has 10 heteroatoms. The molecule has 0 amide bonds. The molecule has 0 aliphatic rings. The highest BCUT2D eigenvalue weighted by Gasteiger charge is 2.27. The molecule has 42 heavy (non-hydrogen) atoms. The summed E-state index contributed by atoms with van der Waals surface area (Å²) in [6, 6.07) is 0. The monoisotopic (exact) mass is 618 g/mol. The van der Waals surface area contributed by atoms with E-state index in [-0.39, 0.29) is 26.1 Å². The van der Waals surface area contributed by atoms with Crippen molar-refractivity contribution in [2.24, 2.45) is 0 Å². The highest BCUT2D eigenvalue weighted by Crippen LogP contribution is 2.43. The molecule has 1 N–H and O–H groups in total. The van der Waals surface area contributed by atoms with Gasteiger partial charge in [0, 0.05) is 12.8 Å². The summed E-state index contributed by atoms with van der Waals surface area (Å²) in [5.41, 5.74) is 0. The van der Waals surface area contributed by atoms with Crippen molar-refractivity contribution in [2.75, 3.05) is 47.5 Å². The van der Waals surface area contributed by atoms with Gasteiger partial charge < -0.3 is 18.9 Å². The molecular formula is C32H61NO8P+. The third kappa shape index (κ3) is 28.6. The Balaban J connectivity index is 4.37. The molecule has 0 heterocycles. The molecule has 2 unspecified atom stereocenters. The number of nitrogens with zero attached hydrogens (tertiary/aromatic N) is 1. The van der Waals surface area contributed by atoms with Crippen molar-refractivity contribution in [3.63, 3.8) is 0 Å². The van der Waals surface area contributed by atoms with Crippen LogP contribution in [0.3, 0.4) is 0 Å². The normalized spacial score (nSPS) is 14.3. The van der Waals surface area contributed by atoms with Crippen LogP contribution in [-0.4, -0.2) is 74.9 Å². The van der Waals surface area contributed by atoms with Gasteiger partial charge in [-0.3, -0.25) is 18.6 Å². The van der Waals surface area contributed by atoms with E-state index in [0.29, 0.717) is 17.4 Å². The second-order valence-electron chi connectivity index (χ2n) is 11.8. The number of esters is 2. The second kappa shape index (κ2) is 25.9. The van der Waals surface area contributed by atoms with Gasteiger partial charge in [0.2, 0.25) is 0 Å². The molecule has 0 spiro atoms. The fourth-order valence-corrected chi connectivity index (χ4v) is 4.61. The van der Waals surface area contributed by atoms with Crippen LogP contribution < -0.4 is 0 Å². The van der Waals surface area contributed by atoms with Crippen molar-refractivity contribution < 1.29 is 42.1 Å². The quantitative estimate of drug-likeness (QED) is 0.0313. The summed E-state index contributed by atoms with van der Waals surface area (Å²) < 4.78 is 33.6. The summed E-state index contributed by atoms with van der Waals surface area (Å²) in [5, 5.41) is 0. The van der Waals surface area contributed by atoms with Crippen molar-refractivity contribution >= 4 is 19.8 Å². The highest BCUT2D eigenvalue weighted by molar-refractivity contribution is 7.47. The zero-order valence-corrected chi connectivity index (χ0v) is 28.1. The minimum Gasteiger partial charge on any atom is -0.462 e. The molecule has 0 fully saturated rings. The van der Waals surface area contributed by atoms with Crippen molar-refractivity contribution in [1.82, 2.24) is 0 Å². The lowest BCUT2D eigenvalue weighted by Gasteiger charge is -2.24. The molecule has 0 saturated carbocycles. The van der Waals surface area contributed by atoms with Crippen molar-refractivity contribution in [3.8, 4) is 0 Å². The molecule has 9 nitrogen and oxygen atoms in total. The Hall–Kier alpha value is -1.51. The minimum absolute atomic E-state index is 0.0287. The van der Waals surface area contributed by atoms with Gasteiger partial charge in [0.25, 0.3) is 0 Å². The lowest BCUT2D eigenvalue weighted by atomic mass is 10.1. The van der Waals surface area contributed by atoms with E-state index in [1.54, 1.807) is 0 Å². The van der Waals surface area contributed by atoms with Crippen LogP contribution in [-0.2, 0) is 32.7 Å². The van der Waals surface area contributed by atoms with Crippen LogP contribution >= 0.6 is 7.82 Å². The van der Waals surface area contributed by atoms with E-state index in [9.17, 15) is 19.0 Å². The number of hydrogen-bond donors (Lipinski definition) is 1. The number of phosphoric acid groups is 1. The van der Waals surface area contributed by atoms with E-state index >= 15 is 0 Å². The molecule has 246 valence electrons. The number of unbranched alkanes of at least 4 members (excludes halogenated alkanes) is 10. The molecule has 0 bridgehead atoms. The average molecular weight is 619 g/mol. The predicted molar refractivity (Wildman–Crippen MR) is 169 cm³/mol. The first-order valence-corrected chi connectivity index (χ1v) is 17.6. The fourth-order valence-electron chi connectivity index (χ4n) is 3.86. The number of ether oxygens (including phenoxy) is 2. The second-order valence-corrected chi connectivity index (χ2v) is 13.3. The zero-order chi connectivity index (χ0) is 31.5. The van der Waals surface area contributed by atoms with E-state index in [2.05, 4.69) is 31.2 Å². The van der Waals surface area contributed by atoms with Gasteiger partial charge in [0.05, 0.1) is 27.7 Å². The number of allylic oxidation sites excluding steroid dienone is 4. The number of likely N-dealkylation sites (N-methyl/N-ethyl adjacent to an activating group) is 1. The van der Waals surface area contributed by atoms with Gasteiger partial charge in [-0.05, 0) is 44.9 Å². The topological polar surface area (TPSA) is 108 Å². The Bertz CT molecular complexity index is 794. The Morgan fingerprint density at radius 3 is 1.93 bits per heavy atom. The summed E-state index contributed by atoms with van der Waals surface area (Å²) in [5.74, 6) is -0.848. The third-order valence-electron chi connectivity index (χ3n) is 6.48. The SMILES string of the molecule is CCCCC/C=C\C/C=C\CCCCCCCC(=O)OC(COC(=O)CCCCC)COP(=O)(O)OCC[N+](C)(C)C. The van der Waals surface area contributed by atoms with E-state index < -0.39 is 32.5 Å². The summed E-state index contributed by atoms with van der Waals surface area (Å²) in [7, 11) is 1.46. The van der Waals surface area contributed by atoms with Gasteiger partial charge in [0.15, 0.2) is 6.10 Å². The minimum atomic E-state index is -4.35. The van der Waals surface area contributed by atoms with Gasteiger partial charge in [-0.1, -0.05) is 83.1 Å². The van der Waals surface area contributed by atoms with Gasteiger partial charge in [-0.2, -0.15) is 0 Å². The van der Waals surface area contributed by atoms with Crippen LogP contribution in [0.2, 0.25) is 0 Å². The van der Waals surface area contributed by atoms with Crippen LogP contribution in [0, 0.1) is 0 Å². The molecule has 0 radical (unpaired) electrons. The predicted octanol–water partition coefficient (Wildman–Crippen LogP) is 7.68. The lowest BCUT2D eigenvalue weighted by Crippen LogP contribution is -2.37. The van der Waals surface area contributed by atoms with E-state index in [1.165, 1.54) is 25.7 Å². The smallest absolute Gasteiger partial charge is 0.462 e. The number of phosphoric ester groups is 1. The maximum atomic E-state index is 12.5. The first-order chi connectivity index (χ1) is 20.0. The lowest BCUT2D eigenvalue weighted by molar-refractivity contribution is -0.870. The van der Waals surface area contributed by atoms with Gasteiger partial charge in [0.1, 0.15) is 19.8 Å². The molecule has 0 aromatic heterocycles. The van der Waals surface area contributed by atoms with Gasteiger partial charge in [-0.25, -0.2) is 4.57 Å². The van der Waals surface area contributed by atoms with E-state index in [0.717, 1.165) is 57.8 Å². The molecule has 0 aromatic carbocycles. The molecular weight excluding hydrogens is 557 g/mol. The summed E-state index contributed by atoms with van der Waals surface area (Å²) in [6.45, 7) is 4.16. The molecule has 0 aromatic rings. The number of carbonyl (C=O) groups is 2. The number of hydrogen-bond acceptors (Lipinski definition) is 7. The van der Waals surface area contributed by atoms with E-state index in [1.807, 2.05) is 28.1 Å².